The molecule has 0 unspecified atom stereocenters. The molecule has 0 aliphatic heterocycles. The Kier molecular flexibility index (Phi) is 7.17. The largest absolute Gasteiger partial charge is 0.358 e. The van der Waals surface area contributed by atoms with Gasteiger partial charge >= 0.3 is 0 Å². The predicted molar refractivity (Wildman–Crippen MR) is 59.0 cm³/mol. The highest BCUT2D eigenvalue weighted by atomic mass is 28.1. The first kappa shape index (κ1) is 12.8. The van der Waals surface area contributed by atoms with E-state index >= 15 is 0 Å². The lowest BCUT2D eigenvalue weighted by atomic mass is 10.3. The summed E-state index contributed by atoms with van der Waals surface area (Å²) >= 11 is 0. The van der Waals surface area contributed by atoms with Gasteiger partial charge in [0, 0.05) is 20.8 Å². The second-order valence-corrected chi connectivity index (χ2v) is 4.66. The summed E-state index contributed by atoms with van der Waals surface area (Å²) in [5.41, 5.74) is -0.296. The van der Waals surface area contributed by atoms with Crippen LogP contribution in [0.1, 0.15) is 12.8 Å². The lowest BCUT2D eigenvalue weighted by molar-refractivity contribution is -0.146. The van der Waals surface area contributed by atoms with Crippen molar-refractivity contribution in [3.05, 3.63) is 12.7 Å². The molecule has 4 heteroatoms. The fraction of sp³-hybridized carbons (Fsp3) is 0.778. The molecule has 0 aliphatic carbocycles. The van der Waals surface area contributed by atoms with Crippen LogP contribution in [0, 0.1) is 0 Å². The third-order valence-corrected chi connectivity index (χ3v) is 3.45. The third-order valence-electron chi connectivity index (χ3n) is 2.14. The van der Waals surface area contributed by atoms with E-state index in [0.717, 1.165) is 36.2 Å². The smallest absolute Gasteiger partial charge is 0.140 e. The van der Waals surface area contributed by atoms with Gasteiger partial charge in [-0.1, -0.05) is 6.08 Å². The Bertz CT molecular complexity index is 138. The summed E-state index contributed by atoms with van der Waals surface area (Å²) in [6.07, 6.45) is 3.88. The minimum absolute atomic E-state index is 0.296. The van der Waals surface area contributed by atoms with E-state index < -0.39 is 0 Å². The Morgan fingerprint density at radius 2 is 2.08 bits per heavy atom. The summed E-state index contributed by atoms with van der Waals surface area (Å²) in [5.74, 6) is 0. The van der Waals surface area contributed by atoms with Crippen LogP contribution >= 0.6 is 0 Å². The van der Waals surface area contributed by atoms with Gasteiger partial charge in [0.2, 0.25) is 0 Å². The molecule has 78 valence electrons. The number of ether oxygens (including phenoxy) is 2. The first-order valence-corrected chi connectivity index (χ1v) is 5.60. The molecule has 0 aromatic rings. The van der Waals surface area contributed by atoms with Gasteiger partial charge in [0.1, 0.15) is 5.41 Å². The first-order chi connectivity index (χ1) is 6.18. The van der Waals surface area contributed by atoms with Gasteiger partial charge in [0.15, 0.2) is 0 Å². The van der Waals surface area contributed by atoms with E-state index in [4.69, 9.17) is 9.47 Å². The van der Waals surface area contributed by atoms with Crippen LogP contribution in [-0.4, -0.2) is 43.0 Å². The molecule has 3 nitrogen and oxygen atoms in total. The molecule has 0 aromatic heterocycles. The van der Waals surface area contributed by atoms with E-state index in [9.17, 15) is 0 Å². The fourth-order valence-electron chi connectivity index (χ4n) is 1.03. The second kappa shape index (κ2) is 7.26. The Morgan fingerprint density at radius 3 is 2.54 bits per heavy atom. The van der Waals surface area contributed by atoms with E-state index in [1.54, 1.807) is 14.2 Å². The topological polar surface area (TPSA) is 30.5 Å². The lowest BCUT2D eigenvalue weighted by Gasteiger charge is -2.26. The molecule has 0 saturated heterocycles. The van der Waals surface area contributed by atoms with Gasteiger partial charge in [-0.2, -0.15) is 0 Å². The summed E-state index contributed by atoms with van der Waals surface area (Å²) in [4.78, 5) is 0. The maximum atomic E-state index is 5.29. The number of nitrogens with one attached hydrogen (secondary N) is 1. The maximum Gasteiger partial charge on any atom is 0.140 e. The molecule has 0 heterocycles. The number of methoxy groups -OCH3 is 2. The van der Waals surface area contributed by atoms with Crippen molar-refractivity contribution in [3.63, 3.8) is 0 Å². The molecule has 0 atom stereocenters. The van der Waals surface area contributed by atoms with Gasteiger partial charge in [0.05, 0.1) is 10.2 Å². The van der Waals surface area contributed by atoms with E-state index in [-0.39, 0.29) is 5.41 Å². The van der Waals surface area contributed by atoms with Crippen LogP contribution in [0.25, 0.3) is 0 Å². The molecular formula is C9H21NO2Si. The molecule has 0 bridgehead atoms. The van der Waals surface area contributed by atoms with Crippen molar-refractivity contribution < 1.29 is 9.47 Å². The van der Waals surface area contributed by atoms with Gasteiger partial charge in [0.25, 0.3) is 0 Å². The van der Waals surface area contributed by atoms with Crippen LogP contribution < -0.4 is 5.32 Å². The van der Waals surface area contributed by atoms with Crippen molar-refractivity contribution in [2.24, 2.45) is 0 Å². The number of hydrogen-bond donors (Lipinski definition) is 1. The Labute approximate surface area is 83.9 Å². The Balaban J connectivity index is 3.44. The molecule has 0 amide bonds. The minimum Gasteiger partial charge on any atom is -0.358 e. The zero-order valence-corrected chi connectivity index (χ0v) is 10.9. The van der Waals surface area contributed by atoms with Crippen LogP contribution in [0.3, 0.4) is 0 Å². The molecule has 1 N–H and O–H groups in total. The van der Waals surface area contributed by atoms with Crippen molar-refractivity contribution in [2.75, 3.05) is 27.3 Å². The third kappa shape index (κ3) is 5.98. The molecule has 0 radical (unpaired) electrons. The van der Waals surface area contributed by atoms with Gasteiger partial charge in [-0.05, 0) is 19.4 Å². The fourth-order valence-corrected chi connectivity index (χ4v) is 1.38. The molecule has 0 fully saturated rings. The summed E-state index contributed by atoms with van der Waals surface area (Å²) in [6.45, 7) is 5.49. The van der Waals surface area contributed by atoms with Crippen molar-refractivity contribution in [1.82, 2.24) is 5.32 Å². The highest BCUT2D eigenvalue weighted by Crippen LogP contribution is 2.12. The van der Waals surface area contributed by atoms with Crippen LogP contribution in [0.2, 0.25) is 0 Å². The summed E-state index contributed by atoms with van der Waals surface area (Å²) in [6, 6.07) is 0. The lowest BCUT2D eigenvalue weighted by Crippen LogP contribution is -2.35. The number of rotatable bonds is 8. The van der Waals surface area contributed by atoms with Gasteiger partial charge in [-0.3, -0.25) is 0 Å². The zero-order valence-electron chi connectivity index (χ0n) is 8.93. The minimum atomic E-state index is -0.296. The summed E-state index contributed by atoms with van der Waals surface area (Å²) in [5, 5.41) is 3.24. The normalized spacial score (nSPS) is 11.8. The number of hydrogen-bond acceptors (Lipinski definition) is 3. The van der Waals surface area contributed by atoms with Crippen LogP contribution in [0.4, 0.5) is 0 Å². The maximum absolute atomic E-state index is 5.29. The monoisotopic (exact) mass is 203 g/mol. The molecule has 13 heavy (non-hydrogen) atoms. The highest BCUT2D eigenvalue weighted by Gasteiger charge is 2.20. The standard InChI is InChI=1S/C9H21NO2Si/c1-4-7-10-8-5-6-9(13,11-2)12-3/h4,10H,1,5-8H2,2-3,13H3. The highest BCUT2D eigenvalue weighted by molar-refractivity contribution is 6.13. The first-order valence-electron chi connectivity index (χ1n) is 4.60. The predicted octanol–water partition coefficient (Wildman–Crippen LogP) is -0.146. The van der Waals surface area contributed by atoms with Crippen molar-refractivity contribution in [2.45, 2.75) is 18.3 Å². The summed E-state index contributed by atoms with van der Waals surface area (Å²) < 4.78 is 10.6. The van der Waals surface area contributed by atoms with E-state index in [1.807, 2.05) is 6.08 Å². The molecule has 0 rings (SSSR count). The molecular weight excluding hydrogens is 182 g/mol. The van der Waals surface area contributed by atoms with E-state index in [0.29, 0.717) is 0 Å². The molecule has 0 aromatic carbocycles. The van der Waals surface area contributed by atoms with E-state index in [1.165, 1.54) is 0 Å². The average molecular weight is 203 g/mol. The van der Waals surface area contributed by atoms with Crippen molar-refractivity contribution in [3.8, 4) is 0 Å². The van der Waals surface area contributed by atoms with Gasteiger partial charge < -0.3 is 14.8 Å². The van der Waals surface area contributed by atoms with Crippen LogP contribution in [0.5, 0.6) is 0 Å². The SMILES string of the molecule is C=CCNCCCC([SiH3])(OC)OC. The summed E-state index contributed by atoms with van der Waals surface area (Å²) in [7, 11) is 4.30. The Morgan fingerprint density at radius 1 is 1.46 bits per heavy atom. The molecule has 0 aliphatic rings. The van der Waals surface area contributed by atoms with E-state index in [2.05, 4.69) is 11.9 Å². The Hall–Kier alpha value is -0.163. The quantitative estimate of drug-likeness (QED) is 0.258. The average Bonchev–Trinajstić information content (AvgIpc) is 2.17. The van der Waals surface area contributed by atoms with Gasteiger partial charge in [-0.15, -0.1) is 6.58 Å². The molecule has 0 spiro atoms. The van der Waals surface area contributed by atoms with Crippen molar-refractivity contribution in [1.29, 1.82) is 0 Å². The van der Waals surface area contributed by atoms with Gasteiger partial charge in [-0.25, -0.2) is 0 Å². The molecule has 0 saturated carbocycles. The zero-order chi connectivity index (χ0) is 10.2. The van der Waals surface area contributed by atoms with Crippen LogP contribution in [0.15, 0.2) is 12.7 Å². The van der Waals surface area contributed by atoms with Crippen LogP contribution in [-0.2, 0) is 9.47 Å². The van der Waals surface area contributed by atoms with Crippen molar-refractivity contribution >= 4 is 10.2 Å². The second-order valence-electron chi connectivity index (χ2n) is 3.14.